The standard InChI is InChI=1S/C27H35F3N6O4.C2HF3O2/c1-26(2)10-9-19-21(12-26)36(35-24(19)27(28,29)30)16-5-8-18(25(32)39)20(11-16)34-15-3-6-17(7-4-15)40-23(38)14-33-22(37)13-31;3-2(4,5)1(6)7/h5,8,11,15,17,34H,3-4,6-7,9-10,12-14,31H2,1-2H3,(H2,32,39)(H,33,37);(H,6,7)/t15-,17-;. The van der Waals surface area contributed by atoms with E-state index < -0.39 is 41.8 Å². The van der Waals surface area contributed by atoms with Crippen molar-refractivity contribution in [2.75, 3.05) is 18.4 Å². The number of amides is 2. The Morgan fingerprint density at radius 3 is 2.23 bits per heavy atom. The summed E-state index contributed by atoms with van der Waals surface area (Å²) < 4.78 is 80.1. The number of nitrogens with zero attached hydrogens (tertiary/aromatic N) is 2. The van der Waals surface area contributed by atoms with Crippen molar-refractivity contribution < 1.29 is 55.4 Å². The maximum atomic E-state index is 13.9. The van der Waals surface area contributed by atoms with Gasteiger partial charge in [-0.1, -0.05) is 13.8 Å². The number of benzene rings is 1. The van der Waals surface area contributed by atoms with Gasteiger partial charge in [-0.2, -0.15) is 31.4 Å². The summed E-state index contributed by atoms with van der Waals surface area (Å²) in [7, 11) is 0. The van der Waals surface area contributed by atoms with Gasteiger partial charge < -0.3 is 31.9 Å². The van der Waals surface area contributed by atoms with Crippen LogP contribution in [0.5, 0.6) is 0 Å². The van der Waals surface area contributed by atoms with Gasteiger partial charge in [-0.3, -0.25) is 14.4 Å². The molecule has 0 aliphatic heterocycles. The fraction of sp³-hybridized carbons (Fsp3) is 0.552. The van der Waals surface area contributed by atoms with Crippen molar-refractivity contribution in [1.82, 2.24) is 15.1 Å². The smallest absolute Gasteiger partial charge is 0.475 e. The number of fused-ring (bicyclic) bond motifs is 1. The monoisotopic (exact) mass is 678 g/mol. The number of ether oxygens (including phenoxy) is 1. The summed E-state index contributed by atoms with van der Waals surface area (Å²) in [5, 5.41) is 16.8. The topological polar surface area (TPSA) is 192 Å². The molecule has 2 aromatic rings. The van der Waals surface area contributed by atoms with Crippen LogP contribution < -0.4 is 22.1 Å². The summed E-state index contributed by atoms with van der Waals surface area (Å²) in [6, 6.07) is 4.58. The van der Waals surface area contributed by atoms with E-state index in [1.807, 2.05) is 13.8 Å². The third-order valence-corrected chi connectivity index (χ3v) is 7.76. The maximum Gasteiger partial charge on any atom is 0.490 e. The van der Waals surface area contributed by atoms with Crippen LogP contribution in [-0.2, 0) is 38.1 Å². The average molecular weight is 679 g/mol. The van der Waals surface area contributed by atoms with Crippen molar-refractivity contribution in [2.45, 2.75) is 83.3 Å². The number of carbonyl (C=O) groups excluding carboxylic acids is 3. The van der Waals surface area contributed by atoms with Crippen molar-refractivity contribution in [1.29, 1.82) is 0 Å². The molecule has 1 heterocycles. The number of aliphatic carboxylic acids is 1. The number of primary amides is 1. The highest BCUT2D eigenvalue weighted by molar-refractivity contribution is 5.99. The highest BCUT2D eigenvalue weighted by atomic mass is 19.4. The Morgan fingerprint density at radius 2 is 1.70 bits per heavy atom. The van der Waals surface area contributed by atoms with Crippen molar-refractivity contribution in [3.8, 4) is 5.69 Å². The van der Waals surface area contributed by atoms with Gasteiger partial charge >= 0.3 is 24.3 Å². The minimum Gasteiger partial charge on any atom is -0.475 e. The van der Waals surface area contributed by atoms with E-state index in [4.69, 9.17) is 26.1 Å². The Hall–Kier alpha value is -4.35. The van der Waals surface area contributed by atoms with Gasteiger partial charge in [0, 0.05) is 23.0 Å². The molecule has 0 spiro atoms. The zero-order valence-electron chi connectivity index (χ0n) is 25.6. The van der Waals surface area contributed by atoms with Crippen molar-refractivity contribution in [2.24, 2.45) is 16.9 Å². The van der Waals surface area contributed by atoms with Crippen LogP contribution in [0.4, 0.5) is 32.0 Å². The Labute approximate surface area is 265 Å². The third kappa shape index (κ3) is 10.1. The van der Waals surface area contributed by atoms with Gasteiger partial charge in [-0.25, -0.2) is 9.48 Å². The molecule has 1 aromatic carbocycles. The molecule has 1 aromatic heterocycles. The number of nitrogens with two attached hydrogens (primary N) is 2. The second-order valence-corrected chi connectivity index (χ2v) is 12.0. The van der Waals surface area contributed by atoms with Crippen LogP contribution in [0.1, 0.15) is 73.3 Å². The predicted molar refractivity (Wildman–Crippen MR) is 154 cm³/mol. The van der Waals surface area contributed by atoms with Crippen LogP contribution >= 0.6 is 0 Å². The number of carbonyl (C=O) groups is 4. The van der Waals surface area contributed by atoms with E-state index in [9.17, 15) is 40.7 Å². The number of esters is 1. The molecule has 4 rings (SSSR count). The summed E-state index contributed by atoms with van der Waals surface area (Å²) in [5.41, 5.74) is 11.5. The number of aromatic nitrogens is 2. The molecule has 0 saturated heterocycles. The molecule has 1 fully saturated rings. The van der Waals surface area contributed by atoms with Gasteiger partial charge in [0.2, 0.25) is 5.91 Å². The molecule has 260 valence electrons. The maximum absolute atomic E-state index is 13.9. The van der Waals surface area contributed by atoms with Crippen molar-refractivity contribution >= 4 is 29.4 Å². The lowest BCUT2D eigenvalue weighted by Gasteiger charge is -2.31. The normalized spacial score (nSPS) is 19.0. The van der Waals surface area contributed by atoms with Gasteiger partial charge in [0.05, 0.1) is 17.8 Å². The zero-order valence-corrected chi connectivity index (χ0v) is 25.6. The number of hydrogen-bond acceptors (Lipinski definition) is 8. The molecule has 0 unspecified atom stereocenters. The van der Waals surface area contributed by atoms with E-state index in [1.54, 1.807) is 12.1 Å². The second-order valence-electron chi connectivity index (χ2n) is 12.0. The molecule has 2 amide bonds. The lowest BCUT2D eigenvalue weighted by molar-refractivity contribution is -0.192. The van der Waals surface area contributed by atoms with Gasteiger partial charge in [0.15, 0.2) is 5.69 Å². The number of anilines is 1. The molecule has 0 bridgehead atoms. The molecule has 2 aliphatic rings. The fourth-order valence-electron chi connectivity index (χ4n) is 5.39. The van der Waals surface area contributed by atoms with Crippen LogP contribution in [0, 0.1) is 5.41 Å². The summed E-state index contributed by atoms with van der Waals surface area (Å²) in [4.78, 5) is 44.3. The van der Waals surface area contributed by atoms with E-state index in [-0.39, 0.29) is 48.2 Å². The van der Waals surface area contributed by atoms with E-state index >= 15 is 0 Å². The molecule has 18 heteroatoms. The molecule has 12 nitrogen and oxygen atoms in total. The van der Waals surface area contributed by atoms with Crippen molar-refractivity contribution in [3.05, 3.63) is 40.7 Å². The first-order valence-electron chi connectivity index (χ1n) is 14.6. The Morgan fingerprint density at radius 1 is 1.09 bits per heavy atom. The Bertz CT molecular complexity index is 1480. The summed E-state index contributed by atoms with van der Waals surface area (Å²) >= 11 is 0. The van der Waals surface area contributed by atoms with E-state index in [2.05, 4.69) is 15.7 Å². The second kappa shape index (κ2) is 14.6. The van der Waals surface area contributed by atoms with Crippen LogP contribution in [0.15, 0.2) is 18.2 Å². The zero-order chi connectivity index (χ0) is 35.3. The van der Waals surface area contributed by atoms with Crippen LogP contribution in [0.25, 0.3) is 5.69 Å². The molecule has 0 atom stereocenters. The van der Waals surface area contributed by atoms with Crippen LogP contribution in [0.2, 0.25) is 0 Å². The van der Waals surface area contributed by atoms with Crippen molar-refractivity contribution in [3.63, 3.8) is 0 Å². The number of carboxylic acids is 1. The SMILES string of the molecule is CC1(C)CCc2c(C(F)(F)F)nn(-c3ccc(C(N)=O)c(N[C@H]4CC[C@H](OC(=O)CNC(=O)CN)CC4)c3)c2C1.O=C(O)C(F)(F)F. The average Bonchev–Trinajstić information content (AvgIpc) is 3.35. The quantitative estimate of drug-likeness (QED) is 0.206. The lowest BCUT2D eigenvalue weighted by Crippen LogP contribution is -2.37. The third-order valence-electron chi connectivity index (χ3n) is 7.76. The number of halogens is 6. The molecular weight excluding hydrogens is 642 g/mol. The lowest BCUT2D eigenvalue weighted by atomic mass is 9.76. The van der Waals surface area contributed by atoms with Gasteiger partial charge in [0.25, 0.3) is 5.91 Å². The number of hydrogen-bond donors (Lipinski definition) is 5. The van der Waals surface area contributed by atoms with E-state index in [0.29, 0.717) is 55.6 Å². The predicted octanol–water partition coefficient (Wildman–Crippen LogP) is 3.48. The van der Waals surface area contributed by atoms with Crippen LogP contribution in [0.3, 0.4) is 0 Å². The molecular formula is C29H36F6N6O6. The highest BCUT2D eigenvalue weighted by Gasteiger charge is 2.42. The number of nitrogens with one attached hydrogen (secondary N) is 2. The highest BCUT2D eigenvalue weighted by Crippen LogP contribution is 2.42. The molecule has 1 saturated carbocycles. The summed E-state index contributed by atoms with van der Waals surface area (Å²) in [6.07, 6.45) is -6.31. The molecule has 47 heavy (non-hydrogen) atoms. The van der Waals surface area contributed by atoms with E-state index in [0.717, 1.165) is 0 Å². The number of alkyl halides is 6. The van der Waals surface area contributed by atoms with Gasteiger partial charge in [-0.05, 0) is 68.6 Å². The fourth-order valence-corrected chi connectivity index (χ4v) is 5.39. The minimum atomic E-state index is -5.08. The molecule has 7 N–H and O–H groups in total. The van der Waals surface area contributed by atoms with Gasteiger partial charge in [-0.15, -0.1) is 0 Å². The number of rotatable bonds is 8. The Balaban J connectivity index is 0.000000771. The first-order chi connectivity index (χ1) is 21.7. The first-order valence-corrected chi connectivity index (χ1v) is 14.6. The summed E-state index contributed by atoms with van der Waals surface area (Å²) in [6.45, 7) is 3.57. The van der Waals surface area contributed by atoms with Gasteiger partial charge in [0.1, 0.15) is 12.6 Å². The van der Waals surface area contributed by atoms with E-state index in [1.165, 1.54) is 10.7 Å². The molecule has 2 aliphatic carbocycles. The Kier molecular flexibility index (Phi) is 11.5. The summed E-state index contributed by atoms with van der Waals surface area (Å²) in [5.74, 6) is -4.43. The minimum absolute atomic E-state index is 0.0866. The largest absolute Gasteiger partial charge is 0.490 e. The molecule has 0 radical (unpaired) electrons. The van der Waals surface area contributed by atoms with Crippen LogP contribution in [-0.4, -0.2) is 70.1 Å². The number of carboxylic acid groups (broad SMARTS) is 1. The first kappa shape index (κ1) is 37.1.